The van der Waals surface area contributed by atoms with Crippen molar-refractivity contribution in [2.24, 2.45) is 0 Å². The molecule has 8 heteroatoms. The van der Waals surface area contributed by atoms with Crippen molar-refractivity contribution in [1.82, 2.24) is 10.6 Å². The summed E-state index contributed by atoms with van der Waals surface area (Å²) >= 11 is 0. The molecule has 3 rings (SSSR count). The predicted octanol–water partition coefficient (Wildman–Crippen LogP) is 1.68. The molecule has 1 aromatic carbocycles. The van der Waals surface area contributed by atoms with Gasteiger partial charge in [-0.15, -0.1) is 12.4 Å². The molecule has 1 aliphatic heterocycles. The highest BCUT2D eigenvalue weighted by atomic mass is 35.5. The number of hydrogen-bond acceptors (Lipinski definition) is 5. The van der Waals surface area contributed by atoms with E-state index in [1.165, 1.54) is 6.07 Å². The van der Waals surface area contributed by atoms with Crippen LogP contribution in [0.15, 0.2) is 18.2 Å². The number of amides is 1. The van der Waals surface area contributed by atoms with Gasteiger partial charge in [0.2, 0.25) is 0 Å². The van der Waals surface area contributed by atoms with Crippen molar-refractivity contribution in [2.45, 2.75) is 31.3 Å². The van der Waals surface area contributed by atoms with E-state index in [4.69, 9.17) is 0 Å². The number of hydrogen-bond donors (Lipinski definition) is 3. The number of carbonyl (C=O) groups excluding carboxylic acids is 1. The Hall–Kier alpha value is -1.86. The van der Waals surface area contributed by atoms with Crippen molar-refractivity contribution < 1.29 is 9.72 Å². The van der Waals surface area contributed by atoms with Crippen LogP contribution < -0.4 is 16.0 Å². The molecule has 1 heterocycles. The van der Waals surface area contributed by atoms with Crippen LogP contribution in [0.25, 0.3) is 0 Å². The maximum atomic E-state index is 12.1. The highest BCUT2D eigenvalue weighted by Crippen LogP contribution is 2.31. The maximum Gasteiger partial charge on any atom is 0.293 e. The number of nitrogens with one attached hydrogen (secondary N) is 3. The Kier molecular flexibility index (Phi) is 5.20. The molecule has 0 spiro atoms. The van der Waals surface area contributed by atoms with E-state index in [9.17, 15) is 14.9 Å². The minimum atomic E-state index is -0.446. The summed E-state index contributed by atoms with van der Waals surface area (Å²) in [5.41, 5.74) is 0.774. The van der Waals surface area contributed by atoms with Gasteiger partial charge in [-0.05, 0) is 37.9 Å². The van der Waals surface area contributed by atoms with Crippen LogP contribution in [0.1, 0.15) is 29.6 Å². The molecular formula is C14H19ClN4O3. The van der Waals surface area contributed by atoms with Gasteiger partial charge in [0.1, 0.15) is 5.69 Å². The van der Waals surface area contributed by atoms with Gasteiger partial charge in [0.05, 0.1) is 4.92 Å². The number of halogens is 1. The summed E-state index contributed by atoms with van der Waals surface area (Å²) in [6.07, 6.45) is 2.96. The van der Waals surface area contributed by atoms with Crippen LogP contribution in [0.5, 0.6) is 0 Å². The molecular weight excluding hydrogens is 308 g/mol. The molecule has 1 atom stereocenters. The van der Waals surface area contributed by atoms with Gasteiger partial charge < -0.3 is 16.0 Å². The second-order valence-electron chi connectivity index (χ2n) is 5.57. The Morgan fingerprint density at radius 1 is 1.27 bits per heavy atom. The van der Waals surface area contributed by atoms with Gasteiger partial charge in [-0.1, -0.05) is 0 Å². The summed E-state index contributed by atoms with van der Waals surface area (Å²) in [7, 11) is 0. The first-order valence-electron chi connectivity index (χ1n) is 7.20. The quantitative estimate of drug-likeness (QED) is 0.565. The average Bonchev–Trinajstić information content (AvgIpc) is 3.13. The highest BCUT2D eigenvalue weighted by Gasteiger charge is 2.26. The van der Waals surface area contributed by atoms with Gasteiger partial charge in [0.15, 0.2) is 0 Å². The zero-order valence-electron chi connectivity index (χ0n) is 12.0. The Morgan fingerprint density at radius 3 is 2.64 bits per heavy atom. The van der Waals surface area contributed by atoms with E-state index in [0.29, 0.717) is 17.3 Å². The first-order valence-corrected chi connectivity index (χ1v) is 7.20. The third-order valence-corrected chi connectivity index (χ3v) is 3.79. The van der Waals surface area contributed by atoms with Crippen molar-refractivity contribution in [1.29, 1.82) is 0 Å². The summed E-state index contributed by atoms with van der Waals surface area (Å²) in [6, 6.07) is 5.03. The van der Waals surface area contributed by atoms with Gasteiger partial charge in [-0.3, -0.25) is 14.9 Å². The van der Waals surface area contributed by atoms with E-state index in [0.717, 1.165) is 32.4 Å². The predicted molar refractivity (Wildman–Crippen MR) is 85.7 cm³/mol. The Balaban J connectivity index is 0.00000176. The molecule has 120 valence electrons. The van der Waals surface area contributed by atoms with Crippen molar-refractivity contribution in [3.05, 3.63) is 33.9 Å². The first kappa shape index (κ1) is 16.5. The van der Waals surface area contributed by atoms with E-state index in [1.807, 2.05) is 0 Å². The number of anilines is 1. The number of benzene rings is 1. The van der Waals surface area contributed by atoms with Crippen LogP contribution in [0.2, 0.25) is 0 Å². The smallest absolute Gasteiger partial charge is 0.293 e. The Morgan fingerprint density at radius 2 is 2.05 bits per heavy atom. The monoisotopic (exact) mass is 326 g/mol. The van der Waals surface area contributed by atoms with Gasteiger partial charge in [0.25, 0.3) is 11.6 Å². The van der Waals surface area contributed by atoms with Crippen LogP contribution in [0.4, 0.5) is 11.4 Å². The molecule has 1 saturated carbocycles. The molecule has 0 aromatic heterocycles. The zero-order chi connectivity index (χ0) is 14.8. The van der Waals surface area contributed by atoms with Crippen molar-refractivity contribution in [3.8, 4) is 0 Å². The van der Waals surface area contributed by atoms with Crippen LogP contribution in [-0.4, -0.2) is 36.0 Å². The zero-order valence-corrected chi connectivity index (χ0v) is 12.8. The lowest BCUT2D eigenvalue weighted by Crippen LogP contribution is -2.36. The molecule has 2 aliphatic rings. The molecule has 2 fully saturated rings. The van der Waals surface area contributed by atoms with Crippen LogP contribution in [-0.2, 0) is 0 Å². The molecule has 1 unspecified atom stereocenters. The fraction of sp³-hybridized carbons (Fsp3) is 0.500. The number of nitro groups is 1. The lowest BCUT2D eigenvalue weighted by Gasteiger charge is -2.12. The molecule has 3 N–H and O–H groups in total. The lowest BCUT2D eigenvalue weighted by atomic mass is 10.1. The average molecular weight is 327 g/mol. The highest BCUT2D eigenvalue weighted by molar-refractivity contribution is 5.96. The van der Waals surface area contributed by atoms with Crippen LogP contribution in [0, 0.1) is 10.1 Å². The van der Waals surface area contributed by atoms with Gasteiger partial charge >= 0.3 is 0 Å². The normalized spacial score (nSPS) is 20.1. The summed E-state index contributed by atoms with van der Waals surface area (Å²) < 4.78 is 0. The van der Waals surface area contributed by atoms with Crippen molar-refractivity contribution >= 4 is 29.7 Å². The minimum Gasteiger partial charge on any atom is -0.377 e. The molecule has 1 saturated heterocycles. The Labute approximate surface area is 134 Å². The summed E-state index contributed by atoms with van der Waals surface area (Å²) in [4.78, 5) is 22.9. The maximum absolute atomic E-state index is 12.1. The molecule has 1 amide bonds. The second kappa shape index (κ2) is 6.93. The summed E-state index contributed by atoms with van der Waals surface area (Å²) in [5, 5.41) is 20.3. The van der Waals surface area contributed by atoms with Crippen LogP contribution in [0.3, 0.4) is 0 Å². The van der Waals surface area contributed by atoms with E-state index in [1.54, 1.807) is 12.1 Å². The molecule has 1 aromatic rings. The van der Waals surface area contributed by atoms with E-state index < -0.39 is 4.92 Å². The molecule has 7 nitrogen and oxygen atoms in total. The third-order valence-electron chi connectivity index (χ3n) is 3.79. The largest absolute Gasteiger partial charge is 0.377 e. The summed E-state index contributed by atoms with van der Waals surface area (Å²) in [6.45, 7) is 1.63. The van der Waals surface area contributed by atoms with Gasteiger partial charge in [-0.25, -0.2) is 0 Å². The number of nitrogens with zero attached hydrogens (tertiary/aromatic N) is 1. The number of nitro benzene ring substituents is 1. The van der Waals surface area contributed by atoms with Crippen molar-refractivity contribution in [2.75, 3.05) is 18.4 Å². The van der Waals surface area contributed by atoms with E-state index in [-0.39, 0.29) is 30.0 Å². The Bertz CT molecular complexity index is 571. The molecule has 0 bridgehead atoms. The SMILES string of the molecule is Cl.O=C(NC1CCNC1)c1ccc(NC2CC2)c([N+](=O)[O-])c1. The van der Waals surface area contributed by atoms with Crippen molar-refractivity contribution in [3.63, 3.8) is 0 Å². The van der Waals surface area contributed by atoms with E-state index in [2.05, 4.69) is 16.0 Å². The molecule has 22 heavy (non-hydrogen) atoms. The minimum absolute atomic E-state index is 0. The second-order valence-corrected chi connectivity index (χ2v) is 5.57. The van der Waals surface area contributed by atoms with Gasteiger partial charge in [-0.2, -0.15) is 0 Å². The molecule has 1 aliphatic carbocycles. The molecule has 0 radical (unpaired) electrons. The summed E-state index contributed by atoms with van der Waals surface area (Å²) in [5.74, 6) is -0.259. The third kappa shape index (κ3) is 3.86. The van der Waals surface area contributed by atoms with Crippen LogP contribution >= 0.6 is 12.4 Å². The number of carbonyl (C=O) groups is 1. The van der Waals surface area contributed by atoms with Gasteiger partial charge in [0, 0.05) is 30.3 Å². The van der Waals surface area contributed by atoms with E-state index >= 15 is 0 Å². The first-order chi connectivity index (χ1) is 10.1. The topological polar surface area (TPSA) is 96.3 Å². The fourth-order valence-electron chi connectivity index (χ4n) is 2.44. The number of rotatable bonds is 5. The standard InChI is InChI=1S/C14H18N4O3.ClH/c19-14(17-11-5-6-15-8-11)9-1-4-12(16-10-2-3-10)13(7-9)18(20)21;/h1,4,7,10-11,15-16H,2-3,5-6,8H2,(H,17,19);1H. The lowest BCUT2D eigenvalue weighted by molar-refractivity contribution is -0.384. The fourth-order valence-corrected chi connectivity index (χ4v) is 2.44.